The van der Waals surface area contributed by atoms with Crippen molar-refractivity contribution in [3.05, 3.63) is 0 Å². The molecule has 0 aliphatic rings. The molecular weight excluding hydrogens is 380 g/mol. The van der Waals surface area contributed by atoms with Crippen LogP contribution in [-0.2, 0) is 19.6 Å². The predicted octanol–water partition coefficient (Wildman–Crippen LogP) is 4.96. The fourth-order valence-corrected chi connectivity index (χ4v) is 2.76. The number of hydrogen-bond donors (Lipinski definition) is 1. The SMILES string of the molecule is CCCCCCCCCCCC(=O)OCCC(F)(F)C(F)(F)S(=O)(=O)O. The molecule has 0 rings (SSSR count). The monoisotopic (exact) mass is 408 g/mol. The normalized spacial score (nSPS) is 13.0. The lowest BCUT2D eigenvalue weighted by molar-refractivity contribution is -0.174. The lowest BCUT2D eigenvalue weighted by Gasteiger charge is -2.23. The van der Waals surface area contributed by atoms with Crippen LogP contribution in [0.15, 0.2) is 0 Å². The highest BCUT2D eigenvalue weighted by atomic mass is 32.2. The second-order valence-electron chi connectivity index (χ2n) is 6.25. The van der Waals surface area contributed by atoms with Gasteiger partial charge in [-0.3, -0.25) is 9.35 Å². The highest BCUT2D eigenvalue weighted by Gasteiger charge is 2.65. The van der Waals surface area contributed by atoms with Crippen molar-refractivity contribution >= 4 is 16.1 Å². The molecule has 0 bridgehead atoms. The third kappa shape index (κ3) is 9.16. The molecule has 0 aromatic carbocycles. The molecule has 10 heteroatoms. The molecule has 0 saturated carbocycles. The third-order valence-electron chi connectivity index (χ3n) is 3.91. The average Bonchev–Trinajstić information content (AvgIpc) is 2.52. The number of alkyl halides is 4. The summed E-state index contributed by atoms with van der Waals surface area (Å²) in [5, 5.41) is -5.64. The summed E-state index contributed by atoms with van der Waals surface area (Å²) in [6.45, 7) is 1.08. The van der Waals surface area contributed by atoms with Crippen LogP contribution in [0.5, 0.6) is 0 Å². The van der Waals surface area contributed by atoms with E-state index >= 15 is 0 Å². The molecule has 0 aliphatic carbocycles. The number of esters is 1. The number of rotatable bonds is 15. The first-order valence-corrected chi connectivity index (χ1v) is 10.3. The van der Waals surface area contributed by atoms with Gasteiger partial charge < -0.3 is 4.74 Å². The van der Waals surface area contributed by atoms with Crippen molar-refractivity contribution in [1.82, 2.24) is 0 Å². The average molecular weight is 408 g/mol. The molecule has 0 radical (unpaired) electrons. The van der Waals surface area contributed by atoms with Crippen LogP contribution in [0.4, 0.5) is 17.6 Å². The van der Waals surface area contributed by atoms with E-state index in [1.807, 2.05) is 0 Å². The van der Waals surface area contributed by atoms with E-state index < -0.39 is 40.3 Å². The van der Waals surface area contributed by atoms with E-state index in [-0.39, 0.29) is 6.42 Å². The van der Waals surface area contributed by atoms with Gasteiger partial charge in [0.2, 0.25) is 0 Å². The molecule has 1 N–H and O–H groups in total. The Bertz CT molecular complexity index is 509. The van der Waals surface area contributed by atoms with Gasteiger partial charge in [-0.05, 0) is 6.42 Å². The summed E-state index contributed by atoms with van der Waals surface area (Å²) in [4.78, 5) is 11.4. The molecule has 0 saturated heterocycles. The Balaban J connectivity index is 3.87. The number of halogens is 4. The molecule has 0 fully saturated rings. The summed E-state index contributed by atoms with van der Waals surface area (Å²) in [5.74, 6) is -5.85. The van der Waals surface area contributed by atoms with Crippen LogP contribution < -0.4 is 0 Å². The second kappa shape index (κ2) is 11.7. The van der Waals surface area contributed by atoms with Crippen LogP contribution in [0.25, 0.3) is 0 Å². The lowest BCUT2D eigenvalue weighted by atomic mass is 10.1. The van der Waals surface area contributed by atoms with Crippen molar-refractivity contribution in [3.8, 4) is 0 Å². The molecule has 0 amide bonds. The Morgan fingerprint density at radius 3 is 1.85 bits per heavy atom. The Morgan fingerprint density at radius 1 is 0.923 bits per heavy atom. The van der Waals surface area contributed by atoms with Crippen molar-refractivity contribution in [2.75, 3.05) is 6.61 Å². The van der Waals surface area contributed by atoms with Crippen LogP contribution in [0, 0.1) is 0 Å². The second-order valence-corrected chi connectivity index (χ2v) is 7.71. The Hall–Kier alpha value is -0.900. The third-order valence-corrected chi connectivity index (χ3v) is 4.86. The summed E-state index contributed by atoms with van der Waals surface area (Å²) in [6.07, 6.45) is 7.48. The van der Waals surface area contributed by atoms with Crippen molar-refractivity contribution in [2.24, 2.45) is 0 Å². The number of carbonyl (C=O) groups is 1. The van der Waals surface area contributed by atoms with E-state index in [1.54, 1.807) is 0 Å². The first-order chi connectivity index (χ1) is 12.0. The predicted molar refractivity (Wildman–Crippen MR) is 88.9 cm³/mol. The first-order valence-electron chi connectivity index (χ1n) is 8.84. The van der Waals surface area contributed by atoms with E-state index in [2.05, 4.69) is 11.7 Å². The van der Waals surface area contributed by atoms with Gasteiger partial charge in [0.15, 0.2) is 0 Å². The van der Waals surface area contributed by atoms with Gasteiger partial charge >= 0.3 is 27.3 Å². The zero-order valence-corrected chi connectivity index (χ0v) is 15.8. The molecule has 26 heavy (non-hydrogen) atoms. The number of unbranched alkanes of at least 4 members (excludes halogenated alkanes) is 8. The van der Waals surface area contributed by atoms with Crippen LogP contribution >= 0.6 is 0 Å². The Morgan fingerprint density at radius 2 is 1.38 bits per heavy atom. The molecular formula is C16H28F4O5S. The molecule has 0 heterocycles. The summed E-state index contributed by atoms with van der Waals surface area (Å²) in [7, 11) is -6.27. The molecule has 5 nitrogen and oxygen atoms in total. The largest absolute Gasteiger partial charge is 0.465 e. The molecule has 0 aromatic rings. The van der Waals surface area contributed by atoms with Crippen molar-refractivity contribution < 1.29 is 40.1 Å². The summed E-state index contributed by atoms with van der Waals surface area (Å²) in [5.41, 5.74) is 0. The first kappa shape index (κ1) is 25.1. The van der Waals surface area contributed by atoms with E-state index in [1.165, 1.54) is 25.7 Å². The van der Waals surface area contributed by atoms with Crippen LogP contribution in [0.3, 0.4) is 0 Å². The van der Waals surface area contributed by atoms with Crippen LogP contribution in [0.1, 0.15) is 77.6 Å². The fourth-order valence-electron chi connectivity index (χ4n) is 2.28. The van der Waals surface area contributed by atoms with E-state index in [0.717, 1.165) is 25.7 Å². The van der Waals surface area contributed by atoms with Crippen LogP contribution in [-0.4, -0.2) is 36.7 Å². The summed E-state index contributed by atoms with van der Waals surface area (Å²) >= 11 is 0. The van der Waals surface area contributed by atoms with Gasteiger partial charge in [0, 0.05) is 6.42 Å². The maximum atomic E-state index is 13.2. The number of hydrogen-bond acceptors (Lipinski definition) is 4. The zero-order chi connectivity index (χ0) is 20.3. The van der Waals surface area contributed by atoms with Crippen molar-refractivity contribution in [3.63, 3.8) is 0 Å². The highest BCUT2D eigenvalue weighted by molar-refractivity contribution is 7.87. The molecule has 0 atom stereocenters. The lowest BCUT2D eigenvalue weighted by Crippen LogP contribution is -2.47. The number of carbonyl (C=O) groups excluding carboxylic acids is 1. The highest BCUT2D eigenvalue weighted by Crippen LogP contribution is 2.40. The van der Waals surface area contributed by atoms with Crippen molar-refractivity contribution in [1.29, 1.82) is 0 Å². The molecule has 156 valence electrons. The minimum absolute atomic E-state index is 0.0178. The Kier molecular flexibility index (Phi) is 11.3. The van der Waals surface area contributed by atoms with E-state index in [0.29, 0.717) is 6.42 Å². The van der Waals surface area contributed by atoms with Gasteiger partial charge in [-0.2, -0.15) is 26.0 Å². The smallest absolute Gasteiger partial charge is 0.431 e. The molecule has 0 spiro atoms. The minimum Gasteiger partial charge on any atom is -0.465 e. The summed E-state index contributed by atoms with van der Waals surface area (Å²) < 4.78 is 85.4. The van der Waals surface area contributed by atoms with Gasteiger partial charge in [-0.25, -0.2) is 0 Å². The van der Waals surface area contributed by atoms with E-state index in [9.17, 15) is 30.8 Å². The standard InChI is InChI=1S/C16H28F4O5S/c1-2-3-4-5-6-7-8-9-10-11-14(21)25-13-12-15(17,18)16(19,20)26(22,23)24/h2-13H2,1H3,(H,22,23,24). The van der Waals surface area contributed by atoms with Gasteiger partial charge in [-0.15, -0.1) is 0 Å². The number of ether oxygens (including phenoxy) is 1. The fraction of sp³-hybridized carbons (Fsp3) is 0.938. The van der Waals surface area contributed by atoms with Gasteiger partial charge in [-0.1, -0.05) is 58.3 Å². The van der Waals surface area contributed by atoms with Gasteiger partial charge in [0.25, 0.3) is 0 Å². The zero-order valence-electron chi connectivity index (χ0n) is 15.0. The molecule has 0 aliphatic heterocycles. The molecule has 0 unspecified atom stereocenters. The maximum Gasteiger partial charge on any atom is 0.431 e. The minimum atomic E-state index is -6.27. The van der Waals surface area contributed by atoms with Crippen LogP contribution in [0.2, 0.25) is 0 Å². The topological polar surface area (TPSA) is 80.7 Å². The van der Waals surface area contributed by atoms with Crippen molar-refractivity contribution in [2.45, 2.75) is 88.7 Å². The quantitative estimate of drug-likeness (QED) is 0.179. The van der Waals surface area contributed by atoms with Gasteiger partial charge in [0.1, 0.15) is 0 Å². The molecule has 0 aromatic heterocycles. The Labute approximate surface area is 152 Å². The maximum absolute atomic E-state index is 13.2. The summed E-state index contributed by atoms with van der Waals surface area (Å²) in [6, 6.07) is 0. The van der Waals surface area contributed by atoms with Gasteiger partial charge in [0.05, 0.1) is 13.0 Å². The van der Waals surface area contributed by atoms with E-state index in [4.69, 9.17) is 4.55 Å².